The van der Waals surface area contributed by atoms with Crippen LogP contribution in [0.5, 0.6) is 0 Å². The lowest BCUT2D eigenvalue weighted by molar-refractivity contribution is -0.0930. The van der Waals surface area contributed by atoms with E-state index in [0.29, 0.717) is 16.9 Å². The zero-order valence-corrected chi connectivity index (χ0v) is 25.6. The van der Waals surface area contributed by atoms with Crippen LogP contribution < -0.4 is 0 Å². The SMILES string of the molecule is CC[C@H](CC[C@@H](C)[C@H]1CC[C@H]2[C@@H]3C=CC4CC(OCCCCBr)CC[C@]4(C)[C@H]3CC[C@]12C)C(C)C. The van der Waals surface area contributed by atoms with E-state index >= 15 is 0 Å². The summed E-state index contributed by atoms with van der Waals surface area (Å²) in [6.45, 7) is 16.2. The lowest BCUT2D eigenvalue weighted by Crippen LogP contribution is -2.52. The van der Waals surface area contributed by atoms with E-state index in [1.807, 2.05) is 0 Å². The van der Waals surface area contributed by atoms with Gasteiger partial charge in [-0.3, -0.25) is 0 Å². The Morgan fingerprint density at radius 3 is 2.37 bits per heavy atom. The van der Waals surface area contributed by atoms with E-state index in [1.165, 1.54) is 77.0 Å². The van der Waals surface area contributed by atoms with Crippen LogP contribution >= 0.6 is 15.9 Å². The van der Waals surface area contributed by atoms with Crippen molar-refractivity contribution < 1.29 is 4.74 Å². The minimum atomic E-state index is 0.493. The van der Waals surface area contributed by atoms with Crippen molar-refractivity contribution in [3.05, 3.63) is 12.2 Å². The number of hydrogen-bond donors (Lipinski definition) is 0. The van der Waals surface area contributed by atoms with Gasteiger partial charge in [0, 0.05) is 11.9 Å². The molecule has 0 spiro atoms. The van der Waals surface area contributed by atoms with Crippen LogP contribution in [-0.2, 0) is 4.74 Å². The predicted molar refractivity (Wildman–Crippen MR) is 155 cm³/mol. The molecule has 3 saturated carbocycles. The molecule has 202 valence electrons. The maximum absolute atomic E-state index is 6.35. The van der Waals surface area contributed by atoms with Gasteiger partial charge in [-0.05, 0) is 122 Å². The normalized spacial score (nSPS) is 42.4. The minimum absolute atomic E-state index is 0.493. The Morgan fingerprint density at radius 2 is 1.66 bits per heavy atom. The highest BCUT2D eigenvalue weighted by Crippen LogP contribution is 2.67. The number of alkyl halides is 1. The highest BCUT2D eigenvalue weighted by Gasteiger charge is 2.59. The van der Waals surface area contributed by atoms with E-state index < -0.39 is 0 Å². The van der Waals surface area contributed by atoms with Crippen molar-refractivity contribution >= 4 is 15.9 Å². The summed E-state index contributed by atoms with van der Waals surface area (Å²) in [5.74, 6) is 7.00. The molecule has 4 rings (SSSR count). The Bertz CT molecular complexity index is 701. The summed E-state index contributed by atoms with van der Waals surface area (Å²) in [6.07, 6.45) is 22.4. The van der Waals surface area contributed by atoms with Crippen LogP contribution in [0.1, 0.15) is 119 Å². The molecule has 4 aliphatic rings. The van der Waals surface area contributed by atoms with E-state index in [4.69, 9.17) is 4.74 Å². The van der Waals surface area contributed by atoms with Gasteiger partial charge in [-0.25, -0.2) is 0 Å². The zero-order valence-electron chi connectivity index (χ0n) is 24.0. The smallest absolute Gasteiger partial charge is 0.0581 e. The van der Waals surface area contributed by atoms with E-state index in [-0.39, 0.29) is 0 Å². The summed E-state index contributed by atoms with van der Waals surface area (Å²) in [4.78, 5) is 0. The van der Waals surface area contributed by atoms with Gasteiger partial charge in [-0.15, -0.1) is 0 Å². The Morgan fingerprint density at radius 1 is 0.914 bits per heavy atom. The molecule has 0 amide bonds. The molecule has 0 bridgehead atoms. The van der Waals surface area contributed by atoms with Crippen LogP contribution in [0.15, 0.2) is 12.2 Å². The van der Waals surface area contributed by atoms with Crippen LogP contribution in [0.3, 0.4) is 0 Å². The zero-order chi connectivity index (χ0) is 25.2. The summed E-state index contributed by atoms with van der Waals surface area (Å²) in [5.41, 5.74) is 1.08. The van der Waals surface area contributed by atoms with Crippen molar-refractivity contribution in [1.82, 2.24) is 0 Å². The van der Waals surface area contributed by atoms with E-state index in [1.54, 1.807) is 0 Å². The summed E-state index contributed by atoms with van der Waals surface area (Å²) in [6, 6.07) is 0. The van der Waals surface area contributed by atoms with Gasteiger partial charge in [0.25, 0.3) is 0 Å². The predicted octanol–water partition coefficient (Wildman–Crippen LogP) is 10.1. The maximum atomic E-state index is 6.35. The van der Waals surface area contributed by atoms with Crippen molar-refractivity contribution in [3.8, 4) is 0 Å². The Balaban J connectivity index is 1.40. The molecule has 3 fully saturated rings. The Kier molecular flexibility index (Phi) is 9.60. The molecule has 35 heavy (non-hydrogen) atoms. The average Bonchev–Trinajstić information content (AvgIpc) is 3.19. The fraction of sp³-hybridized carbons (Fsp3) is 0.939. The first kappa shape index (κ1) is 28.2. The van der Waals surface area contributed by atoms with Gasteiger partial charge in [0.1, 0.15) is 0 Å². The number of allylic oxidation sites excluding steroid dienone is 2. The molecule has 0 saturated heterocycles. The molecular weight excluding hydrogens is 492 g/mol. The van der Waals surface area contributed by atoms with Crippen LogP contribution in [0.25, 0.3) is 0 Å². The number of halogens is 1. The molecule has 1 nitrogen and oxygen atoms in total. The fourth-order valence-corrected chi connectivity index (χ4v) is 10.2. The third-order valence-electron chi connectivity index (χ3n) is 12.2. The molecular formula is C33H57BrO. The largest absolute Gasteiger partial charge is 0.378 e. The lowest BCUT2D eigenvalue weighted by atomic mass is 9.46. The summed E-state index contributed by atoms with van der Waals surface area (Å²) in [7, 11) is 0. The molecule has 0 N–H and O–H groups in total. The van der Waals surface area contributed by atoms with Crippen LogP contribution in [-0.4, -0.2) is 18.0 Å². The van der Waals surface area contributed by atoms with Gasteiger partial charge in [0.2, 0.25) is 0 Å². The molecule has 0 aromatic heterocycles. The van der Waals surface area contributed by atoms with Crippen LogP contribution in [0.2, 0.25) is 0 Å². The summed E-state index contributed by atoms with van der Waals surface area (Å²) < 4.78 is 6.35. The van der Waals surface area contributed by atoms with E-state index in [2.05, 4.69) is 69.6 Å². The highest BCUT2D eigenvalue weighted by molar-refractivity contribution is 9.09. The van der Waals surface area contributed by atoms with Crippen molar-refractivity contribution in [3.63, 3.8) is 0 Å². The van der Waals surface area contributed by atoms with Crippen LogP contribution in [0, 0.1) is 58.2 Å². The molecule has 0 radical (unpaired) electrons. The first-order valence-electron chi connectivity index (χ1n) is 15.6. The van der Waals surface area contributed by atoms with Crippen molar-refractivity contribution in [1.29, 1.82) is 0 Å². The van der Waals surface area contributed by atoms with Crippen molar-refractivity contribution in [2.75, 3.05) is 11.9 Å². The third-order valence-corrected chi connectivity index (χ3v) is 12.8. The molecule has 0 aromatic rings. The monoisotopic (exact) mass is 548 g/mol. The highest BCUT2D eigenvalue weighted by atomic mass is 79.9. The fourth-order valence-electron chi connectivity index (χ4n) is 9.84. The number of hydrogen-bond acceptors (Lipinski definition) is 1. The number of fused-ring (bicyclic) bond motifs is 5. The van der Waals surface area contributed by atoms with Crippen molar-refractivity contribution in [2.45, 2.75) is 125 Å². The molecule has 0 heterocycles. The van der Waals surface area contributed by atoms with Gasteiger partial charge in [0.05, 0.1) is 6.10 Å². The number of rotatable bonds is 11. The molecule has 10 atom stereocenters. The molecule has 4 aliphatic carbocycles. The van der Waals surface area contributed by atoms with Crippen LogP contribution in [0.4, 0.5) is 0 Å². The van der Waals surface area contributed by atoms with Crippen molar-refractivity contribution in [2.24, 2.45) is 58.2 Å². The second-order valence-electron chi connectivity index (χ2n) is 14.1. The molecule has 0 aromatic carbocycles. The third kappa shape index (κ3) is 5.65. The number of unbranched alkanes of at least 4 members (excludes halogenated alkanes) is 1. The quantitative estimate of drug-likeness (QED) is 0.142. The molecule has 2 heteroatoms. The average molecular weight is 550 g/mol. The molecule has 0 aliphatic heterocycles. The van der Waals surface area contributed by atoms with Gasteiger partial charge < -0.3 is 4.74 Å². The summed E-state index contributed by atoms with van der Waals surface area (Å²) >= 11 is 3.55. The van der Waals surface area contributed by atoms with Gasteiger partial charge in [-0.1, -0.05) is 82.5 Å². The minimum Gasteiger partial charge on any atom is -0.378 e. The second-order valence-corrected chi connectivity index (χ2v) is 14.9. The lowest BCUT2D eigenvalue weighted by Gasteiger charge is -2.59. The Hall–Kier alpha value is 0.180. The standard InChI is InChI=1S/C33H57BrO/c1-7-25(23(2)3)11-10-24(4)29-14-15-30-28-13-12-26-22-27(35-21-9-8-20-34)16-18-32(26,5)31(28)17-19-33(29,30)6/h12-13,23-31H,7-11,14-22H2,1-6H3/t24-,25-,26?,27?,28+,29-,30+,31+,32+,33-/m1/s1. The number of ether oxygens (including phenoxy) is 1. The summed E-state index contributed by atoms with van der Waals surface area (Å²) in [5, 5.41) is 1.10. The van der Waals surface area contributed by atoms with Gasteiger partial charge >= 0.3 is 0 Å². The maximum Gasteiger partial charge on any atom is 0.0581 e. The Labute approximate surface area is 227 Å². The first-order chi connectivity index (χ1) is 16.7. The first-order valence-corrected chi connectivity index (χ1v) is 16.7. The second kappa shape index (κ2) is 11.9. The van der Waals surface area contributed by atoms with E-state index in [9.17, 15) is 0 Å². The molecule has 2 unspecified atom stereocenters. The van der Waals surface area contributed by atoms with Gasteiger partial charge in [0.15, 0.2) is 0 Å². The van der Waals surface area contributed by atoms with E-state index in [0.717, 1.165) is 59.3 Å². The topological polar surface area (TPSA) is 9.23 Å². The van der Waals surface area contributed by atoms with Gasteiger partial charge in [-0.2, -0.15) is 0 Å².